The van der Waals surface area contributed by atoms with Gasteiger partial charge < -0.3 is 25.2 Å². The minimum Gasteiger partial charge on any atom is -0.444 e. The van der Waals surface area contributed by atoms with Crippen molar-refractivity contribution in [3.05, 3.63) is 29.8 Å². The number of anilines is 1. The standard InChI is InChI=1S/C24H42N6O2/c1-24(2,3)32-23(31)28-21-10-8-20(9-11-21)12-14-27-22(25-4)26-13-6-16-30-17-7-15-29(5)18-19-30/h8-11H,6-7,12-19H2,1-5H3,(H,28,31)(H2,25,26,27). The molecule has 2 rings (SSSR count). The van der Waals surface area contributed by atoms with E-state index in [1.807, 2.05) is 45.0 Å². The molecule has 0 aliphatic carbocycles. The van der Waals surface area contributed by atoms with Gasteiger partial charge in [-0.05, 0) is 84.4 Å². The van der Waals surface area contributed by atoms with Crippen LogP contribution < -0.4 is 16.0 Å². The number of amides is 1. The molecule has 0 radical (unpaired) electrons. The van der Waals surface area contributed by atoms with Crippen molar-refractivity contribution in [2.75, 3.05) is 65.2 Å². The van der Waals surface area contributed by atoms with Crippen LogP contribution in [-0.4, -0.2) is 87.4 Å². The van der Waals surface area contributed by atoms with Crippen molar-refractivity contribution < 1.29 is 9.53 Å². The maximum atomic E-state index is 11.9. The summed E-state index contributed by atoms with van der Waals surface area (Å²) in [5.41, 5.74) is 1.41. The van der Waals surface area contributed by atoms with Crippen LogP contribution in [0.1, 0.15) is 39.2 Å². The lowest BCUT2D eigenvalue weighted by Crippen LogP contribution is -2.40. The maximum Gasteiger partial charge on any atom is 0.412 e. The van der Waals surface area contributed by atoms with E-state index < -0.39 is 11.7 Å². The first-order valence-corrected chi connectivity index (χ1v) is 11.7. The quantitative estimate of drug-likeness (QED) is 0.324. The van der Waals surface area contributed by atoms with Gasteiger partial charge in [0.15, 0.2) is 5.96 Å². The van der Waals surface area contributed by atoms with Crippen LogP contribution in [0.4, 0.5) is 10.5 Å². The van der Waals surface area contributed by atoms with Crippen LogP contribution in [0, 0.1) is 0 Å². The first kappa shape index (κ1) is 25.9. The van der Waals surface area contributed by atoms with E-state index in [9.17, 15) is 4.79 Å². The highest BCUT2D eigenvalue weighted by molar-refractivity contribution is 5.84. The lowest BCUT2D eigenvalue weighted by atomic mass is 10.1. The van der Waals surface area contributed by atoms with Gasteiger partial charge in [0.2, 0.25) is 0 Å². The number of ether oxygens (including phenoxy) is 1. The molecule has 1 aromatic carbocycles. The third-order valence-electron chi connectivity index (χ3n) is 5.28. The number of aliphatic imine (C=N–C) groups is 1. The van der Waals surface area contributed by atoms with Gasteiger partial charge in [-0.2, -0.15) is 0 Å². The van der Waals surface area contributed by atoms with Crippen molar-refractivity contribution in [2.24, 2.45) is 4.99 Å². The van der Waals surface area contributed by atoms with Gasteiger partial charge in [0, 0.05) is 38.9 Å². The topological polar surface area (TPSA) is 81.2 Å². The predicted octanol–water partition coefficient (Wildman–Crippen LogP) is 2.77. The molecule has 8 heteroatoms. The highest BCUT2D eigenvalue weighted by Crippen LogP contribution is 2.13. The number of rotatable bonds is 8. The summed E-state index contributed by atoms with van der Waals surface area (Å²) in [6.07, 6.45) is 2.79. The van der Waals surface area contributed by atoms with Crippen LogP contribution in [0.2, 0.25) is 0 Å². The number of guanidine groups is 1. The monoisotopic (exact) mass is 446 g/mol. The van der Waals surface area contributed by atoms with Crippen molar-refractivity contribution in [2.45, 2.75) is 45.6 Å². The Labute approximate surface area is 193 Å². The molecule has 3 N–H and O–H groups in total. The molecule has 8 nitrogen and oxygen atoms in total. The fraction of sp³-hybridized carbons (Fsp3) is 0.667. The Bertz CT molecular complexity index is 714. The molecule has 0 saturated carbocycles. The van der Waals surface area contributed by atoms with Gasteiger partial charge in [0.1, 0.15) is 5.60 Å². The molecular weight excluding hydrogens is 404 g/mol. The highest BCUT2D eigenvalue weighted by Gasteiger charge is 2.16. The smallest absolute Gasteiger partial charge is 0.412 e. The van der Waals surface area contributed by atoms with E-state index >= 15 is 0 Å². The van der Waals surface area contributed by atoms with E-state index in [1.165, 1.54) is 25.1 Å². The largest absolute Gasteiger partial charge is 0.444 e. The number of benzene rings is 1. The Hall–Kier alpha value is -2.32. The second-order valence-electron chi connectivity index (χ2n) is 9.35. The summed E-state index contributed by atoms with van der Waals surface area (Å²) in [6.45, 7) is 13.1. The zero-order valence-electron chi connectivity index (χ0n) is 20.5. The molecule has 1 heterocycles. The van der Waals surface area contributed by atoms with E-state index in [2.05, 4.69) is 37.8 Å². The van der Waals surface area contributed by atoms with Crippen molar-refractivity contribution in [1.82, 2.24) is 20.4 Å². The fourth-order valence-corrected chi connectivity index (χ4v) is 3.56. The van der Waals surface area contributed by atoms with Crippen LogP contribution in [0.25, 0.3) is 0 Å². The van der Waals surface area contributed by atoms with Gasteiger partial charge in [0.05, 0.1) is 0 Å². The van der Waals surface area contributed by atoms with Crippen LogP contribution in [0.15, 0.2) is 29.3 Å². The summed E-state index contributed by atoms with van der Waals surface area (Å²) in [6, 6.07) is 7.83. The van der Waals surface area contributed by atoms with Crippen LogP contribution >= 0.6 is 0 Å². The minimum atomic E-state index is -0.508. The van der Waals surface area contributed by atoms with Gasteiger partial charge >= 0.3 is 6.09 Å². The molecule has 1 aliphatic heterocycles. The van der Waals surface area contributed by atoms with Crippen molar-refractivity contribution in [1.29, 1.82) is 0 Å². The summed E-state index contributed by atoms with van der Waals surface area (Å²) < 4.78 is 5.28. The number of nitrogens with one attached hydrogen (secondary N) is 3. The highest BCUT2D eigenvalue weighted by atomic mass is 16.6. The van der Waals surface area contributed by atoms with Crippen molar-refractivity contribution >= 4 is 17.7 Å². The molecule has 1 aromatic rings. The van der Waals surface area contributed by atoms with E-state index in [-0.39, 0.29) is 0 Å². The van der Waals surface area contributed by atoms with E-state index in [1.54, 1.807) is 7.05 Å². The van der Waals surface area contributed by atoms with Crippen LogP contribution in [0.3, 0.4) is 0 Å². The number of carbonyl (C=O) groups excluding carboxylic acids is 1. The molecule has 1 amide bonds. The molecule has 0 bridgehead atoms. The lowest BCUT2D eigenvalue weighted by molar-refractivity contribution is 0.0636. The first-order chi connectivity index (χ1) is 15.2. The average Bonchev–Trinajstić information content (AvgIpc) is 2.93. The Morgan fingerprint density at radius 3 is 2.47 bits per heavy atom. The summed E-state index contributed by atoms with van der Waals surface area (Å²) >= 11 is 0. The van der Waals surface area contributed by atoms with E-state index in [0.717, 1.165) is 57.2 Å². The summed E-state index contributed by atoms with van der Waals surface area (Å²) in [4.78, 5) is 21.1. The first-order valence-electron chi connectivity index (χ1n) is 11.7. The lowest BCUT2D eigenvalue weighted by Gasteiger charge is -2.20. The number of hydrogen-bond acceptors (Lipinski definition) is 5. The second-order valence-corrected chi connectivity index (χ2v) is 9.35. The second kappa shape index (κ2) is 13.3. The number of carbonyl (C=O) groups is 1. The summed E-state index contributed by atoms with van der Waals surface area (Å²) in [5, 5.41) is 9.54. The third-order valence-corrected chi connectivity index (χ3v) is 5.28. The van der Waals surface area contributed by atoms with E-state index in [4.69, 9.17) is 4.74 Å². The summed E-state index contributed by atoms with van der Waals surface area (Å²) in [5.74, 6) is 0.837. The predicted molar refractivity (Wildman–Crippen MR) is 133 cm³/mol. The number of likely N-dealkylation sites (N-methyl/N-ethyl adjacent to an activating group) is 1. The van der Waals surface area contributed by atoms with Gasteiger partial charge in [-0.3, -0.25) is 10.3 Å². The Balaban J connectivity index is 1.62. The zero-order valence-corrected chi connectivity index (χ0v) is 20.5. The number of hydrogen-bond donors (Lipinski definition) is 3. The minimum absolute atomic E-state index is 0.440. The SMILES string of the molecule is CN=C(NCCCN1CCCN(C)CC1)NCCc1ccc(NC(=O)OC(C)(C)C)cc1. The molecule has 1 fully saturated rings. The molecular formula is C24H42N6O2. The van der Waals surface area contributed by atoms with Crippen LogP contribution in [0.5, 0.6) is 0 Å². The average molecular weight is 447 g/mol. The molecule has 0 spiro atoms. The maximum absolute atomic E-state index is 11.9. The molecule has 1 aliphatic rings. The van der Waals surface area contributed by atoms with Gasteiger partial charge in [-0.15, -0.1) is 0 Å². The third kappa shape index (κ3) is 10.8. The van der Waals surface area contributed by atoms with Gasteiger partial charge in [-0.1, -0.05) is 12.1 Å². The normalized spacial score (nSPS) is 16.3. The Kier molecular flexibility index (Phi) is 10.8. The molecule has 1 saturated heterocycles. The molecule has 32 heavy (non-hydrogen) atoms. The van der Waals surface area contributed by atoms with Crippen LogP contribution in [-0.2, 0) is 11.2 Å². The fourth-order valence-electron chi connectivity index (χ4n) is 3.56. The number of nitrogens with zero attached hydrogens (tertiary/aromatic N) is 3. The van der Waals surface area contributed by atoms with Crippen molar-refractivity contribution in [3.8, 4) is 0 Å². The molecule has 180 valence electrons. The molecule has 0 aromatic heterocycles. The molecule has 0 atom stereocenters. The zero-order chi connectivity index (χ0) is 23.4. The van der Waals surface area contributed by atoms with Gasteiger partial charge in [-0.25, -0.2) is 4.79 Å². The van der Waals surface area contributed by atoms with E-state index in [0.29, 0.717) is 0 Å². The Morgan fingerprint density at radius 1 is 1.06 bits per heavy atom. The molecule has 0 unspecified atom stereocenters. The Morgan fingerprint density at radius 2 is 1.78 bits per heavy atom. The van der Waals surface area contributed by atoms with Gasteiger partial charge in [0.25, 0.3) is 0 Å². The van der Waals surface area contributed by atoms with Crippen molar-refractivity contribution in [3.63, 3.8) is 0 Å². The summed E-state index contributed by atoms with van der Waals surface area (Å²) in [7, 11) is 4.01.